The normalized spacial score (nSPS) is 15.5. The minimum Gasteiger partial charge on any atom is -0.497 e. The van der Waals surface area contributed by atoms with Gasteiger partial charge in [0.2, 0.25) is 5.91 Å². The smallest absolute Gasteiger partial charge is 0.238 e. The fourth-order valence-electron chi connectivity index (χ4n) is 3.73. The van der Waals surface area contributed by atoms with E-state index in [2.05, 4.69) is 34.2 Å². The zero-order chi connectivity index (χ0) is 22.1. The van der Waals surface area contributed by atoms with Crippen LogP contribution in [0.3, 0.4) is 0 Å². The molecule has 1 unspecified atom stereocenters. The highest BCUT2D eigenvalue weighted by Crippen LogP contribution is 2.29. The largest absolute Gasteiger partial charge is 0.497 e. The van der Waals surface area contributed by atoms with Crippen LogP contribution in [-0.4, -0.2) is 75.4 Å². The van der Waals surface area contributed by atoms with Gasteiger partial charge in [0, 0.05) is 38.3 Å². The first kappa shape index (κ1) is 23.1. The molecule has 1 fully saturated rings. The van der Waals surface area contributed by atoms with Crippen molar-refractivity contribution in [3.05, 3.63) is 54.1 Å². The molecule has 1 aliphatic heterocycles. The molecule has 0 aliphatic carbocycles. The Morgan fingerprint density at radius 2 is 1.87 bits per heavy atom. The number of amides is 1. The number of morpholine rings is 1. The first-order valence-corrected chi connectivity index (χ1v) is 10.7. The number of benzene rings is 2. The van der Waals surface area contributed by atoms with Crippen molar-refractivity contribution in [2.45, 2.75) is 19.5 Å². The molecule has 1 atom stereocenters. The van der Waals surface area contributed by atoms with Gasteiger partial charge in [0.15, 0.2) is 0 Å². The van der Waals surface area contributed by atoms with Crippen LogP contribution in [0.4, 0.5) is 5.69 Å². The molecule has 2 aromatic carbocycles. The summed E-state index contributed by atoms with van der Waals surface area (Å²) in [6.07, 6.45) is 0. The maximum absolute atomic E-state index is 13.0. The molecule has 2 aromatic rings. The van der Waals surface area contributed by atoms with Crippen LogP contribution >= 0.6 is 0 Å². The summed E-state index contributed by atoms with van der Waals surface area (Å²) < 4.78 is 16.1. The summed E-state index contributed by atoms with van der Waals surface area (Å²) in [5.41, 5.74) is 1.82. The fraction of sp³-hybridized carbons (Fsp3) is 0.458. The van der Waals surface area contributed by atoms with E-state index < -0.39 is 0 Å². The van der Waals surface area contributed by atoms with Crippen LogP contribution < -0.4 is 14.8 Å². The van der Waals surface area contributed by atoms with Crippen LogP contribution in [-0.2, 0) is 16.1 Å². The number of methoxy groups -OCH3 is 2. The van der Waals surface area contributed by atoms with Gasteiger partial charge in [-0.3, -0.25) is 14.6 Å². The molecule has 3 rings (SSSR count). The summed E-state index contributed by atoms with van der Waals surface area (Å²) in [5, 5.41) is 2.99. The third kappa shape index (κ3) is 6.95. The Bertz CT molecular complexity index is 825. The van der Waals surface area contributed by atoms with Gasteiger partial charge in [-0.2, -0.15) is 0 Å². The standard InChI is InChI=1S/C24H33N3O4/c1-19(16-26-11-13-31-14-12-26)27(17-20-7-5-4-6-8-20)18-24(28)25-22-10-9-21(29-2)15-23(22)30-3/h4-10,15,19H,11-14,16-18H2,1-3H3,(H,25,28). The average Bonchev–Trinajstić information content (AvgIpc) is 2.80. The first-order chi connectivity index (χ1) is 15.1. The third-order valence-electron chi connectivity index (χ3n) is 5.51. The quantitative estimate of drug-likeness (QED) is 0.629. The van der Waals surface area contributed by atoms with Crippen molar-refractivity contribution >= 4 is 11.6 Å². The van der Waals surface area contributed by atoms with Gasteiger partial charge in [-0.1, -0.05) is 30.3 Å². The van der Waals surface area contributed by atoms with Crippen LogP contribution in [0.1, 0.15) is 12.5 Å². The second kappa shape index (κ2) is 11.7. The first-order valence-electron chi connectivity index (χ1n) is 10.7. The zero-order valence-corrected chi connectivity index (χ0v) is 18.7. The number of rotatable bonds is 10. The summed E-state index contributed by atoms with van der Waals surface area (Å²) >= 11 is 0. The molecule has 0 saturated carbocycles. The van der Waals surface area contributed by atoms with Crippen molar-refractivity contribution in [1.82, 2.24) is 9.80 Å². The summed E-state index contributed by atoms with van der Waals surface area (Å²) in [6.45, 7) is 7.47. The van der Waals surface area contributed by atoms with Crippen LogP contribution in [0.2, 0.25) is 0 Å². The minimum absolute atomic E-state index is 0.0757. The molecule has 168 valence electrons. The van der Waals surface area contributed by atoms with Gasteiger partial charge in [0.1, 0.15) is 11.5 Å². The lowest BCUT2D eigenvalue weighted by molar-refractivity contribution is -0.118. The molecule has 1 N–H and O–H groups in total. The highest BCUT2D eigenvalue weighted by molar-refractivity contribution is 5.93. The van der Waals surface area contributed by atoms with Crippen molar-refractivity contribution < 1.29 is 19.0 Å². The molecule has 1 heterocycles. The van der Waals surface area contributed by atoms with E-state index >= 15 is 0 Å². The maximum atomic E-state index is 13.0. The Morgan fingerprint density at radius 1 is 1.13 bits per heavy atom. The van der Waals surface area contributed by atoms with E-state index in [1.54, 1.807) is 32.4 Å². The Morgan fingerprint density at radius 3 is 2.55 bits per heavy atom. The number of carbonyl (C=O) groups excluding carboxylic acids is 1. The average molecular weight is 428 g/mol. The lowest BCUT2D eigenvalue weighted by Crippen LogP contribution is -2.47. The molecular formula is C24H33N3O4. The van der Waals surface area contributed by atoms with Crippen molar-refractivity contribution in [1.29, 1.82) is 0 Å². The van der Waals surface area contributed by atoms with E-state index in [0.29, 0.717) is 23.7 Å². The second-order valence-electron chi connectivity index (χ2n) is 7.77. The summed E-state index contributed by atoms with van der Waals surface area (Å²) in [4.78, 5) is 17.6. The van der Waals surface area contributed by atoms with Gasteiger partial charge in [-0.15, -0.1) is 0 Å². The monoisotopic (exact) mass is 427 g/mol. The van der Waals surface area contributed by atoms with Gasteiger partial charge in [-0.05, 0) is 24.6 Å². The van der Waals surface area contributed by atoms with Crippen LogP contribution in [0.15, 0.2) is 48.5 Å². The second-order valence-corrected chi connectivity index (χ2v) is 7.77. The van der Waals surface area contributed by atoms with E-state index in [0.717, 1.165) is 32.8 Å². The molecule has 0 bridgehead atoms. The van der Waals surface area contributed by atoms with Crippen molar-refractivity contribution in [2.75, 3.05) is 58.9 Å². The van der Waals surface area contributed by atoms with Gasteiger partial charge in [0.05, 0.1) is 39.7 Å². The number of carbonyl (C=O) groups is 1. The highest BCUT2D eigenvalue weighted by atomic mass is 16.5. The van der Waals surface area contributed by atoms with Gasteiger partial charge in [0.25, 0.3) is 0 Å². The van der Waals surface area contributed by atoms with Crippen molar-refractivity contribution in [2.24, 2.45) is 0 Å². The molecule has 0 aromatic heterocycles. The van der Waals surface area contributed by atoms with E-state index in [9.17, 15) is 4.79 Å². The Labute approximate surface area is 184 Å². The zero-order valence-electron chi connectivity index (χ0n) is 18.7. The molecule has 31 heavy (non-hydrogen) atoms. The number of anilines is 1. The number of hydrogen-bond acceptors (Lipinski definition) is 6. The van der Waals surface area contributed by atoms with Gasteiger partial charge in [-0.25, -0.2) is 0 Å². The van der Waals surface area contributed by atoms with E-state index in [4.69, 9.17) is 14.2 Å². The predicted molar refractivity (Wildman–Crippen MR) is 122 cm³/mol. The Hall–Kier alpha value is -2.61. The molecule has 0 spiro atoms. The summed E-state index contributed by atoms with van der Waals surface area (Å²) in [6, 6.07) is 15.8. The third-order valence-corrected chi connectivity index (χ3v) is 5.51. The number of hydrogen-bond donors (Lipinski definition) is 1. The predicted octanol–water partition coefficient (Wildman–Crippen LogP) is 2.87. The highest BCUT2D eigenvalue weighted by Gasteiger charge is 2.22. The molecular weight excluding hydrogens is 394 g/mol. The molecule has 1 aliphatic rings. The van der Waals surface area contributed by atoms with E-state index in [1.165, 1.54) is 5.56 Å². The Balaban J connectivity index is 1.68. The van der Waals surface area contributed by atoms with Crippen LogP contribution in [0.5, 0.6) is 11.5 Å². The summed E-state index contributed by atoms with van der Waals surface area (Å²) in [5.74, 6) is 1.18. The molecule has 1 saturated heterocycles. The Kier molecular flexibility index (Phi) is 8.70. The summed E-state index contributed by atoms with van der Waals surface area (Å²) in [7, 11) is 3.18. The van der Waals surface area contributed by atoms with Crippen molar-refractivity contribution in [3.8, 4) is 11.5 Å². The van der Waals surface area contributed by atoms with Crippen molar-refractivity contribution in [3.63, 3.8) is 0 Å². The topological polar surface area (TPSA) is 63.3 Å². The van der Waals surface area contributed by atoms with E-state index in [1.807, 2.05) is 18.2 Å². The molecule has 7 nitrogen and oxygen atoms in total. The van der Waals surface area contributed by atoms with Crippen LogP contribution in [0.25, 0.3) is 0 Å². The lowest BCUT2D eigenvalue weighted by atomic mass is 10.1. The number of ether oxygens (including phenoxy) is 3. The van der Waals surface area contributed by atoms with Gasteiger partial charge >= 0.3 is 0 Å². The van der Waals surface area contributed by atoms with E-state index in [-0.39, 0.29) is 18.5 Å². The SMILES string of the molecule is COc1ccc(NC(=O)CN(Cc2ccccc2)C(C)CN2CCOCC2)c(OC)c1. The van der Waals surface area contributed by atoms with Gasteiger partial charge < -0.3 is 19.5 Å². The fourth-order valence-corrected chi connectivity index (χ4v) is 3.73. The number of nitrogens with zero attached hydrogens (tertiary/aromatic N) is 2. The lowest BCUT2D eigenvalue weighted by Gasteiger charge is -2.34. The maximum Gasteiger partial charge on any atom is 0.238 e. The molecule has 1 amide bonds. The van der Waals surface area contributed by atoms with Crippen LogP contribution in [0, 0.1) is 0 Å². The number of nitrogens with one attached hydrogen (secondary N) is 1. The molecule has 0 radical (unpaired) electrons. The molecule has 7 heteroatoms. The minimum atomic E-state index is -0.0757.